The van der Waals surface area contributed by atoms with Crippen molar-refractivity contribution < 1.29 is 0 Å². The average Bonchev–Trinajstić information content (AvgIpc) is 2.60. The molecular weight excluding hydrogens is 186 g/mol. The molecule has 2 N–H and O–H groups in total. The summed E-state index contributed by atoms with van der Waals surface area (Å²) in [5.41, 5.74) is 7.29. The maximum Gasteiger partial charge on any atom is 0.0521 e. The van der Waals surface area contributed by atoms with E-state index < -0.39 is 0 Å². The highest BCUT2D eigenvalue weighted by molar-refractivity contribution is 5.03. The van der Waals surface area contributed by atoms with Crippen LogP contribution in [0.5, 0.6) is 0 Å². The minimum absolute atomic E-state index is 0.406. The molecule has 1 aromatic rings. The number of aryl methyl sites for hydroxylation is 2. The molecule has 15 heavy (non-hydrogen) atoms. The fourth-order valence-corrected chi connectivity index (χ4v) is 1.85. The molecule has 0 saturated carbocycles. The van der Waals surface area contributed by atoms with Crippen LogP contribution in [0, 0.1) is 0 Å². The molecule has 0 bridgehead atoms. The van der Waals surface area contributed by atoms with E-state index >= 15 is 0 Å². The lowest BCUT2D eigenvalue weighted by atomic mass is 10.0. The molecule has 0 saturated heterocycles. The summed E-state index contributed by atoms with van der Waals surface area (Å²) < 4.78 is 1.86. The molecule has 0 aliphatic heterocycles. The van der Waals surface area contributed by atoms with E-state index in [0.29, 0.717) is 6.04 Å². The highest BCUT2D eigenvalue weighted by atomic mass is 15.2. The van der Waals surface area contributed by atoms with Crippen LogP contribution in [0.4, 0.5) is 0 Å². The van der Waals surface area contributed by atoms with Gasteiger partial charge in [0.05, 0.1) is 6.20 Å². The highest BCUT2D eigenvalue weighted by Gasteiger charge is 2.01. The van der Waals surface area contributed by atoms with Crippen molar-refractivity contribution in [3.05, 3.63) is 18.0 Å². The Balaban J connectivity index is 2.06. The normalized spacial score (nSPS) is 13.0. The first kappa shape index (κ1) is 12.2. The molecule has 0 amide bonds. The molecule has 0 spiro atoms. The van der Waals surface area contributed by atoms with Gasteiger partial charge in [-0.25, -0.2) is 0 Å². The molecule has 1 heterocycles. The van der Waals surface area contributed by atoms with Crippen molar-refractivity contribution >= 4 is 0 Å². The maximum atomic E-state index is 5.95. The summed E-state index contributed by atoms with van der Waals surface area (Å²) >= 11 is 0. The number of nitrogens with zero attached hydrogens (tertiary/aromatic N) is 2. The second-order valence-corrected chi connectivity index (χ2v) is 4.32. The minimum Gasteiger partial charge on any atom is -0.328 e. The molecule has 0 aliphatic carbocycles. The van der Waals surface area contributed by atoms with Crippen LogP contribution in [-0.2, 0) is 13.5 Å². The van der Waals surface area contributed by atoms with E-state index in [0.717, 1.165) is 19.3 Å². The van der Waals surface area contributed by atoms with Gasteiger partial charge in [-0.05, 0) is 31.2 Å². The molecule has 1 rings (SSSR count). The molecule has 0 aliphatic rings. The second-order valence-electron chi connectivity index (χ2n) is 4.32. The van der Waals surface area contributed by atoms with E-state index in [1.54, 1.807) is 0 Å². The molecule has 1 unspecified atom stereocenters. The third-order valence-electron chi connectivity index (χ3n) is 2.71. The first-order chi connectivity index (χ1) is 7.22. The molecule has 3 heteroatoms. The standard InChI is InChI=1S/C12H23N3/c1-3-6-12(13)8-5-4-7-11-9-14-15(2)10-11/h9-10,12H,3-8,13H2,1-2H3. The van der Waals surface area contributed by atoms with Gasteiger partial charge in [0, 0.05) is 19.3 Å². The molecule has 1 aromatic heterocycles. The van der Waals surface area contributed by atoms with Crippen LogP contribution in [0.25, 0.3) is 0 Å². The van der Waals surface area contributed by atoms with Gasteiger partial charge in [0.25, 0.3) is 0 Å². The van der Waals surface area contributed by atoms with Crippen LogP contribution in [-0.4, -0.2) is 15.8 Å². The predicted octanol–water partition coefficient (Wildman–Crippen LogP) is 2.26. The van der Waals surface area contributed by atoms with Gasteiger partial charge in [0.15, 0.2) is 0 Å². The Morgan fingerprint density at radius 3 is 2.80 bits per heavy atom. The van der Waals surface area contributed by atoms with Crippen LogP contribution < -0.4 is 5.73 Å². The average molecular weight is 209 g/mol. The lowest BCUT2D eigenvalue weighted by molar-refractivity contribution is 0.526. The second kappa shape index (κ2) is 6.62. The fraction of sp³-hybridized carbons (Fsp3) is 0.750. The predicted molar refractivity (Wildman–Crippen MR) is 63.6 cm³/mol. The highest BCUT2D eigenvalue weighted by Crippen LogP contribution is 2.08. The van der Waals surface area contributed by atoms with Gasteiger partial charge >= 0.3 is 0 Å². The summed E-state index contributed by atoms with van der Waals surface area (Å²) in [7, 11) is 1.96. The van der Waals surface area contributed by atoms with Crippen molar-refractivity contribution in [2.75, 3.05) is 0 Å². The quantitative estimate of drug-likeness (QED) is 0.700. The van der Waals surface area contributed by atoms with Crippen molar-refractivity contribution in [3.8, 4) is 0 Å². The monoisotopic (exact) mass is 209 g/mol. The minimum atomic E-state index is 0.406. The Morgan fingerprint density at radius 1 is 1.40 bits per heavy atom. The summed E-state index contributed by atoms with van der Waals surface area (Å²) in [4.78, 5) is 0. The van der Waals surface area contributed by atoms with Gasteiger partial charge in [-0.15, -0.1) is 0 Å². The molecule has 86 valence electrons. The summed E-state index contributed by atoms with van der Waals surface area (Å²) in [5.74, 6) is 0. The van der Waals surface area contributed by atoms with Gasteiger partial charge in [0.2, 0.25) is 0 Å². The Labute approximate surface area is 92.7 Å². The number of rotatable bonds is 7. The van der Waals surface area contributed by atoms with E-state index in [4.69, 9.17) is 5.73 Å². The van der Waals surface area contributed by atoms with Gasteiger partial charge < -0.3 is 5.73 Å². The summed E-state index contributed by atoms with van der Waals surface area (Å²) in [6.45, 7) is 2.19. The van der Waals surface area contributed by atoms with Crippen molar-refractivity contribution in [2.45, 2.75) is 51.5 Å². The maximum absolute atomic E-state index is 5.95. The van der Waals surface area contributed by atoms with Crippen LogP contribution in [0.1, 0.15) is 44.6 Å². The number of nitrogens with two attached hydrogens (primary N) is 1. The van der Waals surface area contributed by atoms with E-state index in [1.165, 1.54) is 24.8 Å². The molecule has 0 radical (unpaired) electrons. The van der Waals surface area contributed by atoms with Crippen molar-refractivity contribution in [1.82, 2.24) is 9.78 Å². The zero-order chi connectivity index (χ0) is 11.1. The van der Waals surface area contributed by atoms with Crippen LogP contribution >= 0.6 is 0 Å². The lowest BCUT2D eigenvalue weighted by Crippen LogP contribution is -2.19. The molecular formula is C12H23N3. The van der Waals surface area contributed by atoms with Crippen LogP contribution in [0.3, 0.4) is 0 Å². The topological polar surface area (TPSA) is 43.8 Å². The van der Waals surface area contributed by atoms with Crippen molar-refractivity contribution in [2.24, 2.45) is 12.8 Å². The first-order valence-electron chi connectivity index (χ1n) is 5.95. The van der Waals surface area contributed by atoms with Gasteiger partial charge in [-0.2, -0.15) is 5.10 Å². The SMILES string of the molecule is CCCC(N)CCCCc1cnn(C)c1. The van der Waals surface area contributed by atoms with Gasteiger partial charge in [-0.1, -0.05) is 19.8 Å². The van der Waals surface area contributed by atoms with Gasteiger partial charge in [-0.3, -0.25) is 4.68 Å². The van der Waals surface area contributed by atoms with Crippen molar-refractivity contribution in [1.29, 1.82) is 0 Å². The zero-order valence-corrected chi connectivity index (χ0v) is 9.95. The van der Waals surface area contributed by atoms with E-state index in [-0.39, 0.29) is 0 Å². The van der Waals surface area contributed by atoms with Crippen LogP contribution in [0.2, 0.25) is 0 Å². The largest absolute Gasteiger partial charge is 0.328 e. The van der Waals surface area contributed by atoms with Gasteiger partial charge in [0.1, 0.15) is 0 Å². The molecule has 0 aromatic carbocycles. The number of hydrogen-bond donors (Lipinski definition) is 1. The van der Waals surface area contributed by atoms with Crippen LogP contribution in [0.15, 0.2) is 12.4 Å². The van der Waals surface area contributed by atoms with E-state index in [9.17, 15) is 0 Å². The molecule has 0 fully saturated rings. The summed E-state index contributed by atoms with van der Waals surface area (Å²) in [5, 5.41) is 4.15. The fourth-order valence-electron chi connectivity index (χ4n) is 1.85. The molecule has 1 atom stereocenters. The van der Waals surface area contributed by atoms with E-state index in [1.807, 2.05) is 17.9 Å². The number of hydrogen-bond acceptors (Lipinski definition) is 2. The third-order valence-corrected chi connectivity index (χ3v) is 2.71. The summed E-state index contributed by atoms with van der Waals surface area (Å²) in [6.07, 6.45) is 11.1. The lowest BCUT2D eigenvalue weighted by Gasteiger charge is -2.08. The number of unbranched alkanes of at least 4 members (excludes halogenated alkanes) is 1. The Kier molecular flexibility index (Phi) is 5.40. The smallest absolute Gasteiger partial charge is 0.0521 e. The Bertz CT molecular complexity index is 268. The van der Waals surface area contributed by atoms with E-state index in [2.05, 4.69) is 18.2 Å². The first-order valence-corrected chi connectivity index (χ1v) is 5.95. The Hall–Kier alpha value is -0.830. The zero-order valence-electron chi connectivity index (χ0n) is 9.95. The third kappa shape index (κ3) is 4.98. The number of aromatic nitrogens is 2. The van der Waals surface area contributed by atoms with Crippen molar-refractivity contribution in [3.63, 3.8) is 0 Å². The Morgan fingerprint density at radius 2 is 2.20 bits per heavy atom. The molecule has 3 nitrogen and oxygen atoms in total. The summed E-state index contributed by atoms with van der Waals surface area (Å²) in [6, 6.07) is 0.406.